The van der Waals surface area contributed by atoms with Crippen molar-refractivity contribution in [3.63, 3.8) is 0 Å². The number of hydrogen-bond acceptors (Lipinski definition) is 11. The van der Waals surface area contributed by atoms with Crippen LogP contribution in [0.4, 0.5) is 55.5 Å². The quantitative estimate of drug-likeness (QED) is 0.141. The van der Waals surface area contributed by atoms with E-state index in [1.54, 1.807) is 0 Å². The van der Waals surface area contributed by atoms with Gasteiger partial charge in [0, 0.05) is 12.1 Å². The van der Waals surface area contributed by atoms with E-state index in [4.69, 9.17) is 9.47 Å². The predicted octanol–water partition coefficient (Wildman–Crippen LogP) is 8.14. The van der Waals surface area contributed by atoms with Crippen LogP contribution in [-0.2, 0) is 12.4 Å². The Balaban J connectivity index is 0.000000191. The Morgan fingerprint density at radius 3 is 1.31 bits per heavy atom. The largest absolute Gasteiger partial charge is 0.497 e. The van der Waals surface area contributed by atoms with Crippen molar-refractivity contribution in [3.05, 3.63) is 138 Å². The fraction of sp³-hybridized carbons (Fsp3) is 0.103. The fourth-order valence-corrected chi connectivity index (χ4v) is 5.92. The van der Waals surface area contributed by atoms with Gasteiger partial charge in [0.2, 0.25) is 11.6 Å². The second-order valence-corrected chi connectivity index (χ2v) is 12.7. The van der Waals surface area contributed by atoms with Crippen molar-refractivity contribution in [3.8, 4) is 23.1 Å². The second kappa shape index (κ2) is 17.3. The Morgan fingerprint density at radius 2 is 0.953 bits per heavy atom. The standard InChI is InChI=1S/C20H12F5N5O2.C19H11F5N6O2/c1-32-10-5-6-14-13(7-10)28-19(20(23,24)25)30(14)16-9-26-15(8-27-16)29-18(31)17-11(21)3-2-4-12(17)22;1-32-9-2-3-13-12(4-9)28-18(19(22,23)24)30(13)15-8-26-14(7-27-15)29-17(31)16-10(20)5-25-6-11(16)21/h2-9H,1H3,(H,26,29,31);2-8H,1H3,(H,26,29,31). The van der Waals surface area contributed by atoms with Gasteiger partial charge in [-0.05, 0) is 36.4 Å². The molecule has 0 spiro atoms. The number of aromatic nitrogens is 9. The van der Waals surface area contributed by atoms with Gasteiger partial charge in [-0.3, -0.25) is 23.7 Å². The van der Waals surface area contributed by atoms with Gasteiger partial charge >= 0.3 is 12.4 Å². The Kier molecular flexibility index (Phi) is 11.8. The van der Waals surface area contributed by atoms with E-state index in [9.17, 15) is 53.5 Å². The lowest BCUT2D eigenvalue weighted by Crippen LogP contribution is -2.18. The summed E-state index contributed by atoms with van der Waals surface area (Å²) in [6.07, 6.45) is -4.47. The first-order valence-electron chi connectivity index (χ1n) is 17.7. The smallest absolute Gasteiger partial charge is 0.450 e. The average Bonchev–Trinajstić information content (AvgIpc) is 3.84. The number of anilines is 2. The van der Waals surface area contributed by atoms with Crippen molar-refractivity contribution in [1.29, 1.82) is 0 Å². The molecule has 2 N–H and O–H groups in total. The number of benzene rings is 3. The molecule has 15 nitrogen and oxygen atoms in total. The summed E-state index contributed by atoms with van der Waals surface area (Å²) >= 11 is 0. The first-order valence-corrected chi connectivity index (χ1v) is 17.7. The maximum atomic E-state index is 13.7. The van der Waals surface area contributed by atoms with Gasteiger partial charge in [0.25, 0.3) is 11.8 Å². The van der Waals surface area contributed by atoms with Crippen molar-refractivity contribution in [2.75, 3.05) is 24.9 Å². The van der Waals surface area contributed by atoms with Crippen LogP contribution in [0.15, 0.2) is 91.8 Å². The van der Waals surface area contributed by atoms with Crippen LogP contribution in [0.3, 0.4) is 0 Å². The van der Waals surface area contributed by atoms with E-state index >= 15 is 0 Å². The van der Waals surface area contributed by atoms with Gasteiger partial charge in [0.1, 0.15) is 34.3 Å². The highest BCUT2D eigenvalue weighted by Gasteiger charge is 2.40. The zero-order chi connectivity index (χ0) is 46.1. The lowest BCUT2D eigenvalue weighted by atomic mass is 10.2. The molecule has 8 rings (SSSR count). The highest BCUT2D eigenvalue weighted by atomic mass is 19.4. The molecule has 0 radical (unpaired) electrons. The number of carbonyl (C=O) groups excluding carboxylic acids is 2. The molecule has 2 amide bonds. The van der Waals surface area contributed by atoms with E-state index in [1.165, 1.54) is 50.6 Å². The zero-order valence-electron chi connectivity index (χ0n) is 32.1. The molecule has 0 aliphatic rings. The van der Waals surface area contributed by atoms with E-state index in [-0.39, 0.29) is 45.3 Å². The third-order valence-electron chi connectivity index (χ3n) is 8.72. The lowest BCUT2D eigenvalue weighted by molar-refractivity contribution is -0.146. The second-order valence-electron chi connectivity index (χ2n) is 12.7. The number of methoxy groups -OCH3 is 2. The van der Waals surface area contributed by atoms with Crippen LogP contribution in [0.1, 0.15) is 32.4 Å². The van der Waals surface area contributed by atoms with Crippen LogP contribution >= 0.6 is 0 Å². The molecule has 0 bridgehead atoms. The molecule has 8 aromatic rings. The molecule has 5 aromatic heterocycles. The first kappa shape index (κ1) is 43.8. The maximum Gasteiger partial charge on any atom is 0.450 e. The van der Waals surface area contributed by atoms with Crippen LogP contribution < -0.4 is 20.1 Å². The third-order valence-corrected chi connectivity index (χ3v) is 8.72. The van der Waals surface area contributed by atoms with E-state index in [1.807, 2.05) is 0 Å². The average molecular weight is 900 g/mol. The number of fused-ring (bicyclic) bond motifs is 2. The molecule has 0 aliphatic carbocycles. The highest BCUT2D eigenvalue weighted by Crippen LogP contribution is 2.36. The fourth-order valence-electron chi connectivity index (χ4n) is 5.92. The molecule has 0 atom stereocenters. The van der Waals surface area contributed by atoms with Gasteiger partial charge in [0.15, 0.2) is 34.9 Å². The number of carbonyl (C=O) groups is 2. The van der Waals surface area contributed by atoms with E-state index in [0.717, 1.165) is 52.1 Å². The molecule has 0 saturated carbocycles. The lowest BCUT2D eigenvalue weighted by Gasteiger charge is -2.11. The first-order chi connectivity index (χ1) is 30.4. The molecule has 3 aromatic carbocycles. The molecule has 5 heterocycles. The number of nitrogens with zero attached hydrogens (tertiary/aromatic N) is 9. The van der Waals surface area contributed by atoms with E-state index in [0.29, 0.717) is 23.9 Å². The minimum atomic E-state index is -4.81. The summed E-state index contributed by atoms with van der Waals surface area (Å²) in [6, 6.07) is 11.3. The summed E-state index contributed by atoms with van der Waals surface area (Å²) in [5.74, 6) is -9.63. The summed E-state index contributed by atoms with van der Waals surface area (Å²) in [5.41, 5.74) is -1.50. The van der Waals surface area contributed by atoms with E-state index < -0.39 is 70.2 Å². The molecule has 0 unspecified atom stereocenters. The van der Waals surface area contributed by atoms with Gasteiger partial charge in [-0.25, -0.2) is 47.5 Å². The summed E-state index contributed by atoms with van der Waals surface area (Å²) in [4.78, 5) is 50.3. The van der Waals surface area contributed by atoms with E-state index in [2.05, 4.69) is 45.5 Å². The van der Waals surface area contributed by atoms with Gasteiger partial charge in [0.05, 0.1) is 73.5 Å². The van der Waals surface area contributed by atoms with Crippen LogP contribution in [0, 0.1) is 23.3 Å². The van der Waals surface area contributed by atoms with Crippen LogP contribution in [0.2, 0.25) is 0 Å². The monoisotopic (exact) mass is 899 g/mol. The van der Waals surface area contributed by atoms with Crippen LogP contribution in [0.5, 0.6) is 11.5 Å². The van der Waals surface area contributed by atoms with Crippen molar-refractivity contribution >= 4 is 45.5 Å². The Bertz CT molecular complexity index is 2800. The topological polar surface area (TPSA) is 177 Å². The molecule has 25 heteroatoms. The number of hydrogen-bond donors (Lipinski definition) is 2. The van der Waals surface area contributed by atoms with Gasteiger partial charge in [-0.2, -0.15) is 26.3 Å². The summed E-state index contributed by atoms with van der Waals surface area (Å²) in [6.45, 7) is 0. The Labute approximate surface area is 350 Å². The minimum absolute atomic E-state index is 0.0134. The third kappa shape index (κ3) is 8.88. The normalized spacial score (nSPS) is 11.6. The van der Waals surface area contributed by atoms with Crippen molar-refractivity contribution in [2.24, 2.45) is 0 Å². The van der Waals surface area contributed by atoms with Crippen molar-refractivity contribution < 1.29 is 63.0 Å². The Morgan fingerprint density at radius 1 is 0.547 bits per heavy atom. The molecule has 64 heavy (non-hydrogen) atoms. The number of halogens is 10. The number of rotatable bonds is 8. The molecule has 0 saturated heterocycles. The molecular weight excluding hydrogens is 876 g/mol. The number of imidazole rings is 2. The number of pyridine rings is 1. The predicted molar refractivity (Wildman–Crippen MR) is 203 cm³/mol. The minimum Gasteiger partial charge on any atom is -0.497 e. The van der Waals surface area contributed by atoms with Crippen LogP contribution in [-0.4, -0.2) is 70.1 Å². The number of nitrogens with one attached hydrogen (secondary N) is 2. The van der Waals surface area contributed by atoms with Gasteiger partial charge in [-0.1, -0.05) is 6.07 Å². The molecular formula is C39H23F10N11O4. The van der Waals surface area contributed by atoms with Crippen molar-refractivity contribution in [2.45, 2.75) is 12.4 Å². The van der Waals surface area contributed by atoms with Gasteiger partial charge in [-0.15, -0.1) is 0 Å². The summed E-state index contributed by atoms with van der Waals surface area (Å²) in [5, 5.41) is 4.28. The summed E-state index contributed by atoms with van der Waals surface area (Å²) in [7, 11) is 2.74. The van der Waals surface area contributed by atoms with Crippen molar-refractivity contribution in [1.82, 2.24) is 44.0 Å². The molecule has 0 aliphatic heterocycles. The molecule has 328 valence electrons. The SMILES string of the molecule is COc1ccc2c(c1)nc(C(F)(F)F)n2-c1cnc(NC(=O)c2c(F)cccc2F)cn1.COc1ccc2c(c1)nc(C(F)(F)F)n2-c1cnc(NC(=O)c2c(F)cncc2F)cn1. The number of amides is 2. The number of ether oxygens (including phenoxy) is 2. The molecule has 0 fully saturated rings. The van der Waals surface area contributed by atoms with Gasteiger partial charge < -0.3 is 20.1 Å². The number of alkyl halides is 6. The highest BCUT2D eigenvalue weighted by molar-refractivity contribution is 6.04. The zero-order valence-corrected chi connectivity index (χ0v) is 32.1. The van der Waals surface area contributed by atoms with Crippen LogP contribution in [0.25, 0.3) is 33.7 Å². The maximum absolute atomic E-state index is 13.7. The Hall–Kier alpha value is -8.25. The summed E-state index contributed by atoms with van der Waals surface area (Å²) < 4.78 is 148.